The van der Waals surface area contributed by atoms with E-state index in [1.165, 1.54) is 0 Å². The lowest BCUT2D eigenvalue weighted by Gasteiger charge is -2.17. The van der Waals surface area contributed by atoms with Gasteiger partial charge in [-0.2, -0.15) is 0 Å². The zero-order chi connectivity index (χ0) is 18.1. The lowest BCUT2D eigenvalue weighted by molar-refractivity contribution is -0.122. The molecule has 0 unspecified atom stereocenters. The lowest BCUT2D eigenvalue weighted by atomic mass is 10.1. The van der Waals surface area contributed by atoms with Crippen LogP contribution in [0, 0.1) is 26.7 Å². The molecule has 2 aromatic rings. The van der Waals surface area contributed by atoms with Crippen molar-refractivity contribution in [3.05, 3.63) is 57.6 Å². The van der Waals surface area contributed by atoms with Crippen LogP contribution >= 0.6 is 15.9 Å². The summed E-state index contributed by atoms with van der Waals surface area (Å²) in [6.07, 6.45) is 0.244. The van der Waals surface area contributed by atoms with E-state index in [-0.39, 0.29) is 24.2 Å². The van der Waals surface area contributed by atoms with Gasteiger partial charge in [0.1, 0.15) is 0 Å². The number of hydrogen-bond donors (Lipinski definition) is 1. The number of carbonyl (C=O) groups excluding carboxylic acids is 2. The molecule has 2 amide bonds. The number of hydrogen-bond acceptors (Lipinski definition) is 2. The Kier molecular flexibility index (Phi) is 4.95. The van der Waals surface area contributed by atoms with Crippen LogP contribution in [0.1, 0.15) is 23.1 Å². The van der Waals surface area contributed by atoms with Crippen molar-refractivity contribution in [3.8, 4) is 0 Å². The quantitative estimate of drug-likeness (QED) is 0.831. The fraction of sp³-hybridized carbons (Fsp3) is 0.300. The normalized spacial score (nSPS) is 17.0. The molecule has 0 radical (unpaired) electrons. The molecule has 1 aliphatic rings. The van der Waals surface area contributed by atoms with Crippen LogP contribution in [0.15, 0.2) is 40.9 Å². The number of rotatable bonds is 3. The van der Waals surface area contributed by atoms with Crippen molar-refractivity contribution in [2.24, 2.45) is 5.92 Å². The average molecular weight is 401 g/mol. The highest BCUT2D eigenvalue weighted by atomic mass is 79.9. The van der Waals surface area contributed by atoms with E-state index in [1.807, 2.05) is 57.2 Å². The van der Waals surface area contributed by atoms with Crippen LogP contribution in [0.5, 0.6) is 0 Å². The molecule has 0 saturated carbocycles. The molecule has 1 fully saturated rings. The van der Waals surface area contributed by atoms with E-state index in [9.17, 15) is 9.59 Å². The van der Waals surface area contributed by atoms with E-state index in [0.717, 1.165) is 32.5 Å². The highest BCUT2D eigenvalue weighted by molar-refractivity contribution is 9.10. The van der Waals surface area contributed by atoms with Gasteiger partial charge < -0.3 is 10.2 Å². The first-order valence-corrected chi connectivity index (χ1v) is 9.09. The first-order chi connectivity index (χ1) is 11.8. The molecule has 1 saturated heterocycles. The summed E-state index contributed by atoms with van der Waals surface area (Å²) in [6, 6.07) is 11.7. The Morgan fingerprint density at radius 1 is 1.12 bits per heavy atom. The maximum Gasteiger partial charge on any atom is 0.229 e. The topological polar surface area (TPSA) is 49.4 Å². The van der Waals surface area contributed by atoms with E-state index < -0.39 is 0 Å². The van der Waals surface area contributed by atoms with Gasteiger partial charge in [-0.05, 0) is 56.2 Å². The molecule has 2 aromatic carbocycles. The Morgan fingerprint density at radius 3 is 2.32 bits per heavy atom. The van der Waals surface area contributed by atoms with Gasteiger partial charge in [0.15, 0.2) is 0 Å². The second-order valence-electron chi connectivity index (χ2n) is 6.65. The Hall–Kier alpha value is -2.14. The molecule has 3 rings (SSSR count). The highest BCUT2D eigenvalue weighted by Gasteiger charge is 2.35. The molecule has 1 atom stereocenters. The van der Waals surface area contributed by atoms with Gasteiger partial charge in [-0.1, -0.05) is 33.6 Å². The Labute approximate surface area is 156 Å². The van der Waals surface area contributed by atoms with Crippen molar-refractivity contribution < 1.29 is 9.59 Å². The van der Waals surface area contributed by atoms with Crippen LogP contribution in [0.4, 0.5) is 11.4 Å². The maximum absolute atomic E-state index is 12.6. The van der Waals surface area contributed by atoms with Crippen molar-refractivity contribution in [2.75, 3.05) is 16.8 Å². The van der Waals surface area contributed by atoms with E-state index in [1.54, 1.807) is 4.90 Å². The monoisotopic (exact) mass is 400 g/mol. The van der Waals surface area contributed by atoms with Crippen LogP contribution in [-0.4, -0.2) is 18.4 Å². The number of halogens is 1. The summed E-state index contributed by atoms with van der Waals surface area (Å²) in [5.41, 5.74) is 4.90. The third kappa shape index (κ3) is 3.76. The highest BCUT2D eigenvalue weighted by Crippen LogP contribution is 2.28. The summed E-state index contributed by atoms with van der Waals surface area (Å²) < 4.78 is 1.05. The average Bonchev–Trinajstić information content (AvgIpc) is 2.95. The van der Waals surface area contributed by atoms with Gasteiger partial charge in [0.05, 0.1) is 5.92 Å². The summed E-state index contributed by atoms with van der Waals surface area (Å²) in [4.78, 5) is 26.6. The van der Waals surface area contributed by atoms with Crippen LogP contribution < -0.4 is 10.2 Å². The summed E-state index contributed by atoms with van der Waals surface area (Å²) in [7, 11) is 0. The van der Waals surface area contributed by atoms with Crippen molar-refractivity contribution in [1.82, 2.24) is 0 Å². The molecule has 1 N–H and O–H groups in total. The minimum Gasteiger partial charge on any atom is -0.326 e. The molecule has 1 heterocycles. The molecule has 25 heavy (non-hydrogen) atoms. The molecule has 0 aliphatic carbocycles. The molecule has 130 valence electrons. The van der Waals surface area contributed by atoms with Crippen LogP contribution in [0.2, 0.25) is 0 Å². The molecule has 1 aliphatic heterocycles. The number of aryl methyl sites for hydroxylation is 3. The molecule has 0 spiro atoms. The zero-order valence-corrected chi connectivity index (χ0v) is 16.2. The van der Waals surface area contributed by atoms with E-state index >= 15 is 0 Å². The Morgan fingerprint density at radius 2 is 1.72 bits per heavy atom. The third-order valence-corrected chi connectivity index (χ3v) is 5.80. The molecule has 0 bridgehead atoms. The van der Waals surface area contributed by atoms with Crippen molar-refractivity contribution in [1.29, 1.82) is 0 Å². The number of anilines is 2. The second-order valence-corrected chi connectivity index (χ2v) is 7.45. The first kappa shape index (κ1) is 17.7. The van der Waals surface area contributed by atoms with Crippen molar-refractivity contribution in [2.45, 2.75) is 27.2 Å². The van der Waals surface area contributed by atoms with Gasteiger partial charge in [-0.3, -0.25) is 9.59 Å². The summed E-state index contributed by atoms with van der Waals surface area (Å²) in [5, 5.41) is 2.96. The number of benzene rings is 2. The minimum absolute atomic E-state index is 0.00725. The first-order valence-electron chi connectivity index (χ1n) is 8.30. The molecular weight excluding hydrogens is 380 g/mol. The minimum atomic E-state index is -0.335. The zero-order valence-electron chi connectivity index (χ0n) is 14.6. The Bertz CT molecular complexity index is 807. The number of nitrogens with one attached hydrogen (secondary N) is 1. The molecule has 4 nitrogen and oxygen atoms in total. The van der Waals surface area contributed by atoms with Crippen molar-refractivity contribution >= 4 is 39.1 Å². The summed E-state index contributed by atoms with van der Waals surface area (Å²) in [6.45, 7) is 6.41. The van der Waals surface area contributed by atoms with E-state index in [2.05, 4.69) is 21.2 Å². The summed E-state index contributed by atoms with van der Waals surface area (Å²) >= 11 is 3.53. The van der Waals surface area contributed by atoms with Crippen molar-refractivity contribution in [3.63, 3.8) is 0 Å². The number of carbonyl (C=O) groups is 2. The molecular formula is C20H21BrN2O2. The van der Waals surface area contributed by atoms with E-state index in [4.69, 9.17) is 0 Å². The second kappa shape index (κ2) is 7.00. The SMILES string of the molecule is Cc1ccc(N2C[C@@H](C(=O)Nc3cc(C)c(Br)c(C)c3)CC2=O)cc1. The number of nitrogens with zero attached hydrogens (tertiary/aromatic N) is 1. The smallest absolute Gasteiger partial charge is 0.229 e. The summed E-state index contributed by atoms with van der Waals surface area (Å²) in [5.74, 6) is -0.450. The third-order valence-electron chi connectivity index (χ3n) is 4.55. The van der Waals surface area contributed by atoms with Gasteiger partial charge in [-0.25, -0.2) is 0 Å². The molecule has 0 aromatic heterocycles. The van der Waals surface area contributed by atoms with Crippen LogP contribution in [-0.2, 0) is 9.59 Å². The van der Waals surface area contributed by atoms with Gasteiger partial charge >= 0.3 is 0 Å². The Balaban J connectivity index is 1.71. The predicted molar refractivity (Wildman–Crippen MR) is 104 cm³/mol. The fourth-order valence-corrected chi connectivity index (χ4v) is 3.35. The van der Waals surface area contributed by atoms with Gasteiger partial charge in [-0.15, -0.1) is 0 Å². The van der Waals surface area contributed by atoms with Crippen LogP contribution in [0.3, 0.4) is 0 Å². The predicted octanol–water partition coefficient (Wildman–Crippen LogP) is 4.37. The maximum atomic E-state index is 12.6. The van der Waals surface area contributed by atoms with Gasteiger partial charge in [0.25, 0.3) is 0 Å². The fourth-order valence-electron chi connectivity index (χ4n) is 3.12. The van der Waals surface area contributed by atoms with Crippen LogP contribution in [0.25, 0.3) is 0 Å². The molecule has 5 heteroatoms. The van der Waals surface area contributed by atoms with E-state index in [0.29, 0.717) is 6.54 Å². The largest absolute Gasteiger partial charge is 0.326 e. The van der Waals surface area contributed by atoms with Gasteiger partial charge in [0, 0.05) is 28.8 Å². The standard InChI is InChI=1S/C20H21BrN2O2/c1-12-4-6-17(7-5-12)23-11-15(10-18(23)24)20(25)22-16-8-13(2)19(21)14(3)9-16/h4-9,15H,10-11H2,1-3H3,(H,22,25)/t15-/m0/s1. The lowest BCUT2D eigenvalue weighted by Crippen LogP contribution is -2.28. The number of amides is 2. The van der Waals surface area contributed by atoms with Gasteiger partial charge in [0.2, 0.25) is 11.8 Å².